The normalized spacial score (nSPS) is 10.9. The number of hydrogen-bond donors (Lipinski definition) is 2. The molecule has 0 aliphatic carbocycles. The number of nitrogens with one attached hydrogen (secondary N) is 2. The lowest BCUT2D eigenvalue weighted by Crippen LogP contribution is -2.07. The molecule has 3 rings (SSSR count). The van der Waals surface area contributed by atoms with E-state index in [2.05, 4.69) is 36.5 Å². The summed E-state index contributed by atoms with van der Waals surface area (Å²) in [6.45, 7) is 1.80. The Morgan fingerprint density at radius 2 is 2.00 bits per heavy atom. The van der Waals surface area contributed by atoms with Crippen molar-refractivity contribution in [3.8, 4) is 0 Å². The minimum absolute atomic E-state index is 0.171. The molecule has 0 aliphatic rings. The standard InChI is InChI=1S/C18H15BrN4O/c1-2-4-17(24)22-14-7-8-16-15(10-14)18(21-11-20-16)23-13-6-3-5-12(19)9-13/h2-11H,1H3,(H,22,24)(H,20,21,23). The Morgan fingerprint density at radius 3 is 2.79 bits per heavy atom. The maximum atomic E-state index is 11.7. The van der Waals surface area contributed by atoms with Crippen molar-refractivity contribution >= 4 is 49.9 Å². The third kappa shape index (κ3) is 3.78. The van der Waals surface area contributed by atoms with Gasteiger partial charge >= 0.3 is 0 Å². The summed E-state index contributed by atoms with van der Waals surface area (Å²) in [5.74, 6) is 0.510. The zero-order valence-electron chi connectivity index (χ0n) is 13.0. The molecule has 0 unspecified atom stereocenters. The molecule has 5 nitrogen and oxygen atoms in total. The van der Waals surface area contributed by atoms with Gasteiger partial charge in [-0.05, 0) is 49.4 Å². The van der Waals surface area contributed by atoms with E-state index in [0.717, 1.165) is 21.1 Å². The van der Waals surface area contributed by atoms with E-state index in [4.69, 9.17) is 0 Å². The van der Waals surface area contributed by atoms with Crippen molar-refractivity contribution in [2.45, 2.75) is 6.92 Å². The molecule has 2 aromatic carbocycles. The van der Waals surface area contributed by atoms with Crippen LogP contribution in [0.5, 0.6) is 0 Å². The van der Waals surface area contributed by atoms with E-state index < -0.39 is 0 Å². The molecule has 3 aromatic rings. The minimum atomic E-state index is -0.171. The quantitative estimate of drug-likeness (QED) is 0.644. The smallest absolute Gasteiger partial charge is 0.248 e. The van der Waals surface area contributed by atoms with Gasteiger partial charge in [0, 0.05) is 21.2 Å². The van der Waals surface area contributed by atoms with E-state index in [9.17, 15) is 4.79 Å². The van der Waals surface area contributed by atoms with Crippen LogP contribution in [0.4, 0.5) is 17.2 Å². The summed E-state index contributed by atoms with van der Waals surface area (Å²) >= 11 is 3.45. The van der Waals surface area contributed by atoms with Crippen LogP contribution in [0.3, 0.4) is 0 Å². The second-order valence-corrected chi connectivity index (χ2v) is 5.99. The monoisotopic (exact) mass is 382 g/mol. The first-order chi connectivity index (χ1) is 11.7. The Labute approximate surface area is 148 Å². The molecule has 0 atom stereocenters. The molecule has 1 aromatic heterocycles. The Hall–Kier alpha value is -2.73. The van der Waals surface area contributed by atoms with Crippen LogP contribution in [0.1, 0.15) is 6.92 Å². The fourth-order valence-electron chi connectivity index (χ4n) is 2.27. The van der Waals surface area contributed by atoms with Crippen molar-refractivity contribution in [2.75, 3.05) is 10.6 Å². The molecule has 24 heavy (non-hydrogen) atoms. The van der Waals surface area contributed by atoms with Gasteiger partial charge in [0.1, 0.15) is 12.1 Å². The molecule has 1 amide bonds. The van der Waals surface area contributed by atoms with Gasteiger partial charge in [0.25, 0.3) is 0 Å². The van der Waals surface area contributed by atoms with E-state index in [1.165, 1.54) is 12.4 Å². The Balaban J connectivity index is 1.96. The lowest BCUT2D eigenvalue weighted by Gasteiger charge is -2.10. The van der Waals surface area contributed by atoms with Crippen molar-refractivity contribution in [1.29, 1.82) is 0 Å². The molecular formula is C18H15BrN4O. The van der Waals surface area contributed by atoms with Gasteiger partial charge in [0.15, 0.2) is 0 Å². The molecule has 0 spiro atoms. The van der Waals surface area contributed by atoms with Crippen molar-refractivity contribution in [2.24, 2.45) is 0 Å². The minimum Gasteiger partial charge on any atom is -0.340 e. The van der Waals surface area contributed by atoms with Crippen molar-refractivity contribution in [1.82, 2.24) is 9.97 Å². The first-order valence-electron chi connectivity index (χ1n) is 7.37. The van der Waals surface area contributed by atoms with Gasteiger partial charge in [-0.2, -0.15) is 0 Å². The van der Waals surface area contributed by atoms with Crippen LogP contribution in [0.15, 0.2) is 65.4 Å². The largest absolute Gasteiger partial charge is 0.340 e. The molecule has 0 radical (unpaired) electrons. The maximum Gasteiger partial charge on any atom is 0.248 e. The highest BCUT2D eigenvalue weighted by atomic mass is 79.9. The number of carbonyl (C=O) groups is 1. The van der Waals surface area contributed by atoms with Gasteiger partial charge in [-0.15, -0.1) is 0 Å². The van der Waals surface area contributed by atoms with Crippen LogP contribution in [-0.2, 0) is 4.79 Å². The summed E-state index contributed by atoms with van der Waals surface area (Å²) in [6, 6.07) is 13.4. The molecule has 0 bridgehead atoms. The van der Waals surface area contributed by atoms with Gasteiger partial charge in [-0.1, -0.05) is 28.1 Å². The molecule has 0 saturated heterocycles. The molecule has 2 N–H and O–H groups in total. The van der Waals surface area contributed by atoms with Crippen molar-refractivity contribution in [3.05, 3.63) is 65.4 Å². The zero-order valence-corrected chi connectivity index (χ0v) is 14.5. The number of hydrogen-bond acceptors (Lipinski definition) is 4. The van der Waals surface area contributed by atoms with Gasteiger partial charge < -0.3 is 10.6 Å². The number of anilines is 3. The summed E-state index contributed by atoms with van der Waals surface area (Å²) in [7, 11) is 0. The fraction of sp³-hybridized carbons (Fsp3) is 0.0556. The van der Waals surface area contributed by atoms with E-state index in [1.807, 2.05) is 42.5 Å². The average Bonchev–Trinajstić information content (AvgIpc) is 2.56. The second kappa shape index (κ2) is 7.23. The van der Waals surface area contributed by atoms with Crippen molar-refractivity contribution in [3.63, 3.8) is 0 Å². The number of nitrogens with zero attached hydrogens (tertiary/aromatic N) is 2. The predicted molar refractivity (Wildman–Crippen MR) is 100 cm³/mol. The number of rotatable bonds is 4. The van der Waals surface area contributed by atoms with Crippen LogP contribution in [0.2, 0.25) is 0 Å². The van der Waals surface area contributed by atoms with Crippen LogP contribution in [0.25, 0.3) is 10.9 Å². The molecular weight excluding hydrogens is 368 g/mol. The van der Waals surface area contributed by atoms with E-state index in [-0.39, 0.29) is 5.91 Å². The van der Waals surface area contributed by atoms with Crippen LogP contribution < -0.4 is 10.6 Å². The van der Waals surface area contributed by atoms with Crippen molar-refractivity contribution < 1.29 is 4.79 Å². The second-order valence-electron chi connectivity index (χ2n) is 5.08. The molecule has 120 valence electrons. The molecule has 6 heteroatoms. The lowest BCUT2D eigenvalue weighted by atomic mass is 10.2. The number of halogens is 1. The Morgan fingerprint density at radius 1 is 1.12 bits per heavy atom. The summed E-state index contributed by atoms with van der Waals surface area (Å²) in [5, 5.41) is 6.93. The molecule has 1 heterocycles. The molecule has 0 fully saturated rings. The summed E-state index contributed by atoms with van der Waals surface area (Å²) in [5.41, 5.74) is 2.40. The first-order valence-corrected chi connectivity index (χ1v) is 8.16. The highest BCUT2D eigenvalue weighted by Gasteiger charge is 2.07. The topological polar surface area (TPSA) is 66.9 Å². The van der Waals surface area contributed by atoms with Crippen LogP contribution in [0, 0.1) is 0 Å². The van der Waals surface area contributed by atoms with Gasteiger partial charge in [-0.25, -0.2) is 9.97 Å². The third-order valence-corrected chi connectivity index (χ3v) is 3.80. The zero-order chi connectivity index (χ0) is 16.9. The number of allylic oxidation sites excluding steroid dienone is 1. The van der Waals surface area contributed by atoms with Crippen LogP contribution in [-0.4, -0.2) is 15.9 Å². The molecule has 0 saturated carbocycles. The Kier molecular flexibility index (Phi) is 4.86. The van der Waals surface area contributed by atoms with E-state index >= 15 is 0 Å². The SMILES string of the molecule is CC=CC(=O)Nc1ccc2ncnc(Nc3cccc(Br)c3)c2c1. The summed E-state index contributed by atoms with van der Waals surface area (Å²) in [4.78, 5) is 20.3. The number of amides is 1. The predicted octanol–water partition coefficient (Wildman–Crippen LogP) is 4.65. The average molecular weight is 383 g/mol. The highest BCUT2D eigenvalue weighted by molar-refractivity contribution is 9.10. The van der Waals surface area contributed by atoms with E-state index in [1.54, 1.807) is 13.0 Å². The van der Waals surface area contributed by atoms with E-state index in [0.29, 0.717) is 11.5 Å². The number of aromatic nitrogens is 2. The summed E-state index contributed by atoms with van der Waals surface area (Å²) in [6.07, 6.45) is 4.69. The van der Waals surface area contributed by atoms with Gasteiger partial charge in [0.05, 0.1) is 5.52 Å². The maximum absolute atomic E-state index is 11.7. The van der Waals surface area contributed by atoms with Gasteiger partial charge in [-0.3, -0.25) is 4.79 Å². The van der Waals surface area contributed by atoms with Crippen LogP contribution >= 0.6 is 15.9 Å². The third-order valence-electron chi connectivity index (χ3n) is 3.31. The summed E-state index contributed by atoms with van der Waals surface area (Å²) < 4.78 is 0.977. The number of benzene rings is 2. The van der Waals surface area contributed by atoms with Gasteiger partial charge in [0.2, 0.25) is 5.91 Å². The lowest BCUT2D eigenvalue weighted by molar-refractivity contribution is -0.111. The first kappa shape index (κ1) is 16.1. The number of carbonyl (C=O) groups excluding carboxylic acids is 1. The Bertz CT molecular complexity index is 924. The highest BCUT2D eigenvalue weighted by Crippen LogP contribution is 2.26. The fourth-order valence-corrected chi connectivity index (χ4v) is 2.67. The number of fused-ring (bicyclic) bond motifs is 1. The molecule has 0 aliphatic heterocycles.